The van der Waals surface area contributed by atoms with Gasteiger partial charge in [0, 0.05) is 12.3 Å². The molecule has 0 unspecified atom stereocenters. The molecule has 0 saturated heterocycles. The third-order valence-electron chi connectivity index (χ3n) is 1.89. The van der Waals surface area contributed by atoms with Crippen LogP contribution in [0.4, 0.5) is 0 Å². The van der Waals surface area contributed by atoms with Crippen LogP contribution in [0, 0.1) is 6.92 Å². The molecule has 0 saturated carbocycles. The molecule has 1 N–H and O–H groups in total. The minimum Gasteiger partial charge on any atom is -0.504 e. The Balaban J connectivity index is 3.46. The smallest absolute Gasteiger partial charge is 0.175 e. The fourth-order valence-electron chi connectivity index (χ4n) is 1.08. The standard InChI is InChI=1S/C9H12O4S/c1-6-4-7(14(3,11)12)5-8(13-2)9(6)10/h4-5,10H,1-3H3. The number of aryl methyl sites for hydroxylation is 1. The number of hydrogen-bond acceptors (Lipinski definition) is 4. The van der Waals surface area contributed by atoms with E-state index in [4.69, 9.17) is 4.74 Å². The highest BCUT2D eigenvalue weighted by molar-refractivity contribution is 7.90. The molecule has 4 nitrogen and oxygen atoms in total. The van der Waals surface area contributed by atoms with Gasteiger partial charge in [-0.15, -0.1) is 0 Å². The van der Waals surface area contributed by atoms with Crippen LogP contribution in [-0.4, -0.2) is 26.9 Å². The summed E-state index contributed by atoms with van der Waals surface area (Å²) >= 11 is 0. The first kappa shape index (κ1) is 10.8. The lowest BCUT2D eigenvalue weighted by Crippen LogP contribution is -1.98. The number of phenols is 1. The van der Waals surface area contributed by atoms with E-state index in [9.17, 15) is 13.5 Å². The summed E-state index contributed by atoms with van der Waals surface area (Å²) in [5.41, 5.74) is 0.477. The second-order valence-corrected chi connectivity index (χ2v) is 5.08. The highest BCUT2D eigenvalue weighted by Gasteiger charge is 2.13. The Hall–Kier alpha value is -1.23. The van der Waals surface area contributed by atoms with E-state index in [1.54, 1.807) is 6.92 Å². The maximum absolute atomic E-state index is 11.2. The molecule has 0 fully saturated rings. The lowest BCUT2D eigenvalue weighted by atomic mass is 10.2. The van der Waals surface area contributed by atoms with Crippen molar-refractivity contribution in [3.05, 3.63) is 17.7 Å². The van der Waals surface area contributed by atoms with Gasteiger partial charge in [-0.25, -0.2) is 8.42 Å². The van der Waals surface area contributed by atoms with Crippen LogP contribution >= 0.6 is 0 Å². The highest BCUT2D eigenvalue weighted by atomic mass is 32.2. The molecule has 0 spiro atoms. The Morgan fingerprint density at radius 3 is 2.36 bits per heavy atom. The molecule has 0 aliphatic rings. The molecular formula is C9H12O4S. The van der Waals surface area contributed by atoms with Crippen molar-refractivity contribution < 1.29 is 18.3 Å². The number of ether oxygens (including phenoxy) is 1. The van der Waals surface area contributed by atoms with Gasteiger partial charge in [0.25, 0.3) is 0 Å². The Bertz CT molecular complexity index is 448. The number of benzene rings is 1. The van der Waals surface area contributed by atoms with Crippen molar-refractivity contribution in [2.24, 2.45) is 0 Å². The third-order valence-corrected chi connectivity index (χ3v) is 2.98. The predicted molar refractivity (Wildman–Crippen MR) is 52.5 cm³/mol. The first-order chi connectivity index (χ1) is 6.36. The molecule has 5 heteroatoms. The van der Waals surface area contributed by atoms with E-state index in [0.29, 0.717) is 5.56 Å². The van der Waals surface area contributed by atoms with Crippen LogP contribution in [-0.2, 0) is 9.84 Å². The molecule has 0 aliphatic carbocycles. The largest absolute Gasteiger partial charge is 0.504 e. The molecule has 0 atom stereocenters. The van der Waals surface area contributed by atoms with Gasteiger partial charge >= 0.3 is 0 Å². The van der Waals surface area contributed by atoms with Gasteiger partial charge < -0.3 is 9.84 Å². The number of sulfone groups is 1. The van der Waals surface area contributed by atoms with Crippen molar-refractivity contribution in [2.75, 3.05) is 13.4 Å². The Morgan fingerprint density at radius 1 is 1.36 bits per heavy atom. The van der Waals surface area contributed by atoms with E-state index in [1.807, 2.05) is 0 Å². The normalized spacial score (nSPS) is 11.4. The number of aromatic hydroxyl groups is 1. The van der Waals surface area contributed by atoms with Crippen LogP contribution in [0.3, 0.4) is 0 Å². The summed E-state index contributed by atoms with van der Waals surface area (Å²) < 4.78 is 27.3. The van der Waals surface area contributed by atoms with Crippen molar-refractivity contribution in [3.63, 3.8) is 0 Å². The molecule has 1 rings (SSSR count). The van der Waals surface area contributed by atoms with Crippen molar-refractivity contribution in [3.8, 4) is 11.5 Å². The van der Waals surface area contributed by atoms with Gasteiger partial charge in [-0.2, -0.15) is 0 Å². The van der Waals surface area contributed by atoms with Gasteiger partial charge in [0.15, 0.2) is 21.3 Å². The van der Waals surface area contributed by atoms with Gasteiger partial charge in [-0.1, -0.05) is 0 Å². The SMILES string of the molecule is COc1cc(S(C)(=O)=O)cc(C)c1O. The maximum atomic E-state index is 11.2. The summed E-state index contributed by atoms with van der Waals surface area (Å²) in [7, 11) is -1.89. The van der Waals surface area contributed by atoms with Gasteiger partial charge in [0.05, 0.1) is 12.0 Å². The Kier molecular flexibility index (Phi) is 2.71. The summed E-state index contributed by atoms with van der Waals surface area (Å²) in [6.45, 7) is 1.62. The quantitative estimate of drug-likeness (QED) is 0.804. The van der Waals surface area contributed by atoms with E-state index < -0.39 is 9.84 Å². The zero-order valence-corrected chi connectivity index (χ0v) is 9.05. The molecule has 78 valence electrons. The average molecular weight is 216 g/mol. The Labute approximate surface area is 83.1 Å². The lowest BCUT2D eigenvalue weighted by molar-refractivity contribution is 0.370. The second-order valence-electron chi connectivity index (χ2n) is 3.06. The minimum atomic E-state index is -3.27. The van der Waals surface area contributed by atoms with Crippen LogP contribution in [0.5, 0.6) is 11.5 Å². The number of phenolic OH excluding ortho intramolecular Hbond substituents is 1. The first-order valence-electron chi connectivity index (χ1n) is 3.94. The molecule has 0 radical (unpaired) electrons. The highest BCUT2D eigenvalue weighted by Crippen LogP contribution is 2.32. The van der Waals surface area contributed by atoms with Gasteiger partial charge in [0.2, 0.25) is 0 Å². The van der Waals surface area contributed by atoms with E-state index >= 15 is 0 Å². The van der Waals surface area contributed by atoms with Crippen LogP contribution in [0.25, 0.3) is 0 Å². The minimum absolute atomic E-state index is 0.0279. The van der Waals surface area contributed by atoms with Gasteiger partial charge in [0.1, 0.15) is 0 Å². The fraction of sp³-hybridized carbons (Fsp3) is 0.333. The Morgan fingerprint density at radius 2 is 1.93 bits per heavy atom. The summed E-state index contributed by atoms with van der Waals surface area (Å²) in [4.78, 5) is 0.143. The van der Waals surface area contributed by atoms with E-state index in [-0.39, 0.29) is 16.4 Å². The molecule has 14 heavy (non-hydrogen) atoms. The molecule has 0 aromatic heterocycles. The summed E-state index contributed by atoms with van der Waals surface area (Å²) in [5, 5.41) is 9.47. The molecule has 1 aromatic carbocycles. The predicted octanol–water partition coefficient (Wildman–Crippen LogP) is 1.11. The van der Waals surface area contributed by atoms with Gasteiger partial charge in [-0.3, -0.25) is 0 Å². The van der Waals surface area contributed by atoms with Crippen molar-refractivity contribution in [2.45, 2.75) is 11.8 Å². The topological polar surface area (TPSA) is 63.6 Å². The first-order valence-corrected chi connectivity index (χ1v) is 5.83. The van der Waals surface area contributed by atoms with Crippen LogP contribution in [0.15, 0.2) is 17.0 Å². The summed E-state index contributed by atoms with van der Waals surface area (Å²) in [6.07, 6.45) is 1.11. The van der Waals surface area contributed by atoms with Crippen molar-refractivity contribution in [1.29, 1.82) is 0 Å². The molecule has 0 aliphatic heterocycles. The van der Waals surface area contributed by atoms with E-state index in [2.05, 4.69) is 0 Å². The van der Waals surface area contributed by atoms with Gasteiger partial charge in [-0.05, 0) is 18.6 Å². The maximum Gasteiger partial charge on any atom is 0.175 e. The average Bonchev–Trinajstić information content (AvgIpc) is 2.07. The fourth-order valence-corrected chi connectivity index (χ4v) is 1.80. The lowest BCUT2D eigenvalue weighted by Gasteiger charge is -2.08. The molecule has 1 aromatic rings. The van der Waals surface area contributed by atoms with Crippen molar-refractivity contribution in [1.82, 2.24) is 0 Å². The number of methoxy groups -OCH3 is 1. The van der Waals surface area contributed by atoms with E-state index in [0.717, 1.165) is 6.26 Å². The zero-order chi connectivity index (χ0) is 10.9. The third kappa shape index (κ3) is 1.98. The number of hydrogen-bond donors (Lipinski definition) is 1. The zero-order valence-electron chi connectivity index (χ0n) is 8.23. The van der Waals surface area contributed by atoms with Crippen LogP contribution in [0.2, 0.25) is 0 Å². The summed E-state index contributed by atoms with van der Waals surface area (Å²) in [5.74, 6) is 0.144. The monoisotopic (exact) mass is 216 g/mol. The van der Waals surface area contributed by atoms with E-state index in [1.165, 1.54) is 19.2 Å². The molecular weight excluding hydrogens is 204 g/mol. The molecule has 0 amide bonds. The van der Waals surface area contributed by atoms with Crippen LogP contribution in [0.1, 0.15) is 5.56 Å². The number of rotatable bonds is 2. The van der Waals surface area contributed by atoms with Crippen molar-refractivity contribution >= 4 is 9.84 Å². The molecule has 0 heterocycles. The van der Waals surface area contributed by atoms with Crippen LogP contribution < -0.4 is 4.74 Å². The molecule has 0 bridgehead atoms. The summed E-state index contributed by atoms with van der Waals surface area (Å²) in [6, 6.07) is 2.71. The second kappa shape index (κ2) is 3.49.